The summed E-state index contributed by atoms with van der Waals surface area (Å²) < 4.78 is 10.5. The second-order valence-electron chi connectivity index (χ2n) is 5.03. The molecule has 1 aliphatic heterocycles. The Morgan fingerprint density at radius 3 is 2.80 bits per heavy atom. The van der Waals surface area contributed by atoms with Crippen LogP contribution in [0.25, 0.3) is 0 Å². The van der Waals surface area contributed by atoms with E-state index in [1.165, 1.54) is 0 Å². The molecule has 1 aromatic carbocycles. The molecule has 1 fully saturated rings. The van der Waals surface area contributed by atoms with Crippen LogP contribution in [-0.2, 0) is 16.1 Å². The Morgan fingerprint density at radius 2 is 2.20 bits per heavy atom. The maximum atomic E-state index is 12.1. The first-order chi connectivity index (χ1) is 9.69. The van der Waals surface area contributed by atoms with Crippen molar-refractivity contribution in [2.45, 2.75) is 19.0 Å². The Bertz CT molecular complexity index is 427. The van der Waals surface area contributed by atoms with Gasteiger partial charge >= 0.3 is 0 Å². The molecule has 1 amide bonds. The molecule has 0 aromatic heterocycles. The summed E-state index contributed by atoms with van der Waals surface area (Å²) in [6.45, 7) is 2.77. The number of carbonyl (C=O) groups excluding carboxylic acids is 1. The van der Waals surface area contributed by atoms with Crippen LogP contribution in [0.15, 0.2) is 24.3 Å². The number of carbonyl (C=O) groups is 1. The first-order valence-corrected chi connectivity index (χ1v) is 6.87. The average molecular weight is 278 g/mol. The quantitative estimate of drug-likeness (QED) is 0.874. The molecule has 1 atom stereocenters. The fourth-order valence-electron chi connectivity index (χ4n) is 2.21. The van der Waals surface area contributed by atoms with Crippen molar-refractivity contribution in [3.63, 3.8) is 0 Å². The number of rotatable bonds is 5. The Kier molecular flexibility index (Phi) is 5.38. The lowest BCUT2D eigenvalue weighted by molar-refractivity contribution is -0.131. The second-order valence-corrected chi connectivity index (χ2v) is 5.03. The Morgan fingerprint density at radius 1 is 1.45 bits per heavy atom. The van der Waals surface area contributed by atoms with Gasteiger partial charge in [0.1, 0.15) is 5.75 Å². The van der Waals surface area contributed by atoms with Crippen molar-refractivity contribution in [1.29, 1.82) is 0 Å². The highest BCUT2D eigenvalue weighted by Gasteiger charge is 2.19. The maximum absolute atomic E-state index is 12.1. The lowest BCUT2D eigenvalue weighted by Crippen LogP contribution is -2.44. The number of benzene rings is 1. The van der Waals surface area contributed by atoms with E-state index >= 15 is 0 Å². The molecule has 0 radical (unpaired) electrons. The van der Waals surface area contributed by atoms with Gasteiger partial charge in [0.25, 0.3) is 0 Å². The maximum Gasteiger partial charge on any atom is 0.224 e. The highest BCUT2D eigenvalue weighted by atomic mass is 16.5. The lowest BCUT2D eigenvalue weighted by atomic mass is 10.1. The molecule has 1 aromatic rings. The summed E-state index contributed by atoms with van der Waals surface area (Å²) in [6.07, 6.45) is 0.479. The van der Waals surface area contributed by atoms with E-state index in [9.17, 15) is 4.79 Å². The monoisotopic (exact) mass is 278 g/mol. The van der Waals surface area contributed by atoms with Gasteiger partial charge < -0.3 is 19.7 Å². The third-order valence-electron chi connectivity index (χ3n) is 3.42. The molecule has 5 heteroatoms. The number of hydrogen-bond acceptors (Lipinski definition) is 4. The van der Waals surface area contributed by atoms with Crippen molar-refractivity contribution >= 4 is 5.91 Å². The van der Waals surface area contributed by atoms with E-state index in [2.05, 4.69) is 5.32 Å². The van der Waals surface area contributed by atoms with Crippen molar-refractivity contribution in [1.82, 2.24) is 10.2 Å². The van der Waals surface area contributed by atoms with Gasteiger partial charge in [0.05, 0.1) is 20.3 Å². The van der Waals surface area contributed by atoms with Gasteiger partial charge in [-0.1, -0.05) is 12.1 Å². The number of nitrogens with zero attached hydrogens (tertiary/aromatic N) is 1. The van der Waals surface area contributed by atoms with Gasteiger partial charge in [0.15, 0.2) is 0 Å². The zero-order chi connectivity index (χ0) is 14.4. The van der Waals surface area contributed by atoms with Crippen molar-refractivity contribution in [3.8, 4) is 5.75 Å². The van der Waals surface area contributed by atoms with Gasteiger partial charge in [-0.3, -0.25) is 4.79 Å². The van der Waals surface area contributed by atoms with Crippen LogP contribution >= 0.6 is 0 Å². The third kappa shape index (κ3) is 4.21. The molecular weight excluding hydrogens is 256 g/mol. The third-order valence-corrected chi connectivity index (χ3v) is 3.42. The van der Waals surface area contributed by atoms with E-state index in [4.69, 9.17) is 9.47 Å². The molecule has 1 heterocycles. The molecule has 1 N–H and O–H groups in total. The van der Waals surface area contributed by atoms with E-state index in [-0.39, 0.29) is 11.9 Å². The molecule has 20 heavy (non-hydrogen) atoms. The summed E-state index contributed by atoms with van der Waals surface area (Å²) in [5.41, 5.74) is 1.09. The molecule has 0 saturated carbocycles. The van der Waals surface area contributed by atoms with Crippen LogP contribution in [0.5, 0.6) is 5.75 Å². The summed E-state index contributed by atoms with van der Waals surface area (Å²) in [5, 5.41) is 3.29. The summed E-state index contributed by atoms with van der Waals surface area (Å²) in [5.74, 6) is 0.954. The van der Waals surface area contributed by atoms with E-state index in [0.717, 1.165) is 24.5 Å². The van der Waals surface area contributed by atoms with Gasteiger partial charge in [-0.25, -0.2) is 0 Å². The van der Waals surface area contributed by atoms with Crippen LogP contribution in [0.2, 0.25) is 0 Å². The zero-order valence-electron chi connectivity index (χ0n) is 12.1. The minimum absolute atomic E-state index is 0.129. The lowest BCUT2D eigenvalue weighted by Gasteiger charge is -2.25. The van der Waals surface area contributed by atoms with Gasteiger partial charge in [0.2, 0.25) is 5.91 Å². The molecule has 1 aliphatic rings. The number of ether oxygens (including phenoxy) is 2. The van der Waals surface area contributed by atoms with Gasteiger partial charge in [-0.2, -0.15) is 0 Å². The first kappa shape index (κ1) is 14.8. The molecule has 2 rings (SSSR count). The van der Waals surface area contributed by atoms with E-state index in [1.54, 1.807) is 12.0 Å². The van der Waals surface area contributed by atoms with E-state index < -0.39 is 0 Å². The van der Waals surface area contributed by atoms with Gasteiger partial charge in [0, 0.05) is 32.6 Å². The fourth-order valence-corrected chi connectivity index (χ4v) is 2.21. The molecule has 1 saturated heterocycles. The number of methoxy groups -OCH3 is 1. The van der Waals surface area contributed by atoms with Crippen molar-refractivity contribution in [2.75, 3.05) is 33.9 Å². The minimum Gasteiger partial charge on any atom is -0.497 e. The Balaban J connectivity index is 1.83. The SMILES string of the molecule is COc1ccc(CN(C)C(=O)CC2COCCN2)cc1. The van der Waals surface area contributed by atoms with E-state index in [0.29, 0.717) is 19.6 Å². The second kappa shape index (κ2) is 7.26. The van der Waals surface area contributed by atoms with Gasteiger partial charge in [-0.05, 0) is 17.7 Å². The predicted molar refractivity (Wildman–Crippen MR) is 76.7 cm³/mol. The molecule has 0 aliphatic carbocycles. The zero-order valence-corrected chi connectivity index (χ0v) is 12.1. The topological polar surface area (TPSA) is 50.8 Å². The summed E-state index contributed by atoms with van der Waals surface area (Å²) in [4.78, 5) is 13.9. The largest absolute Gasteiger partial charge is 0.497 e. The minimum atomic E-state index is 0.129. The van der Waals surface area contributed by atoms with Crippen molar-refractivity contribution in [2.24, 2.45) is 0 Å². The average Bonchev–Trinajstić information content (AvgIpc) is 2.49. The Hall–Kier alpha value is -1.59. The first-order valence-electron chi connectivity index (χ1n) is 6.87. The Labute approximate surface area is 119 Å². The number of morpholine rings is 1. The fraction of sp³-hybridized carbons (Fsp3) is 0.533. The number of nitrogens with one attached hydrogen (secondary N) is 1. The van der Waals surface area contributed by atoms with Crippen LogP contribution in [0.1, 0.15) is 12.0 Å². The van der Waals surface area contributed by atoms with Crippen LogP contribution < -0.4 is 10.1 Å². The van der Waals surface area contributed by atoms with Crippen molar-refractivity contribution in [3.05, 3.63) is 29.8 Å². The molecule has 0 spiro atoms. The van der Waals surface area contributed by atoms with Crippen molar-refractivity contribution < 1.29 is 14.3 Å². The smallest absolute Gasteiger partial charge is 0.224 e. The van der Waals surface area contributed by atoms with Gasteiger partial charge in [-0.15, -0.1) is 0 Å². The van der Waals surface area contributed by atoms with Crippen LogP contribution in [0.4, 0.5) is 0 Å². The number of hydrogen-bond donors (Lipinski definition) is 1. The van der Waals surface area contributed by atoms with Crippen LogP contribution in [0, 0.1) is 0 Å². The summed E-state index contributed by atoms with van der Waals surface area (Å²) >= 11 is 0. The molecular formula is C15H22N2O3. The molecule has 110 valence electrons. The molecule has 5 nitrogen and oxygen atoms in total. The summed E-state index contributed by atoms with van der Waals surface area (Å²) in [7, 11) is 3.47. The molecule has 1 unspecified atom stereocenters. The predicted octanol–water partition coefficient (Wildman–Crippen LogP) is 1.03. The number of amides is 1. The normalized spacial score (nSPS) is 18.6. The highest BCUT2D eigenvalue weighted by molar-refractivity contribution is 5.76. The highest BCUT2D eigenvalue weighted by Crippen LogP contribution is 2.13. The van der Waals surface area contributed by atoms with Crippen LogP contribution in [-0.4, -0.2) is 50.8 Å². The van der Waals surface area contributed by atoms with E-state index in [1.807, 2.05) is 31.3 Å². The summed E-state index contributed by atoms with van der Waals surface area (Å²) in [6, 6.07) is 7.90. The standard InChI is InChI=1S/C15H22N2O3/c1-17(10-12-3-5-14(19-2)6-4-12)15(18)9-13-11-20-8-7-16-13/h3-6,13,16H,7-11H2,1-2H3. The van der Waals surface area contributed by atoms with Crippen LogP contribution in [0.3, 0.4) is 0 Å². The molecule has 0 bridgehead atoms.